The van der Waals surface area contributed by atoms with E-state index < -0.39 is 5.97 Å². The normalized spacial score (nSPS) is 10.8. The van der Waals surface area contributed by atoms with Gasteiger partial charge in [-0.2, -0.15) is 0 Å². The summed E-state index contributed by atoms with van der Waals surface area (Å²) in [6.07, 6.45) is 1.85. The molecule has 0 atom stereocenters. The molecule has 0 N–H and O–H groups in total. The number of aromatic nitrogens is 2. The van der Waals surface area contributed by atoms with Crippen LogP contribution in [0.3, 0.4) is 0 Å². The van der Waals surface area contributed by atoms with Crippen molar-refractivity contribution in [1.29, 1.82) is 0 Å². The Morgan fingerprint density at radius 2 is 2.24 bits per heavy atom. The highest BCUT2D eigenvalue weighted by atomic mass is 79.9. The first-order chi connectivity index (χ1) is 8.04. The molecule has 0 fully saturated rings. The van der Waals surface area contributed by atoms with Crippen molar-refractivity contribution in [3.05, 3.63) is 32.6 Å². The number of carbonyl (C=O) groups is 1. The van der Waals surface area contributed by atoms with Gasteiger partial charge in [0.2, 0.25) is 0 Å². The van der Waals surface area contributed by atoms with Crippen molar-refractivity contribution in [1.82, 2.24) is 9.38 Å². The molecule has 0 bridgehead atoms. The van der Waals surface area contributed by atoms with Gasteiger partial charge in [0.05, 0.1) is 6.61 Å². The lowest BCUT2D eigenvalue weighted by molar-refractivity contribution is 0.0519. The van der Waals surface area contributed by atoms with Crippen molar-refractivity contribution in [2.45, 2.75) is 13.8 Å². The maximum atomic E-state index is 11.7. The highest BCUT2D eigenvalue weighted by Crippen LogP contribution is 2.24. The summed E-state index contributed by atoms with van der Waals surface area (Å²) in [6.45, 7) is 4.04. The molecule has 0 saturated carbocycles. The fourth-order valence-electron chi connectivity index (χ4n) is 1.57. The van der Waals surface area contributed by atoms with Crippen LogP contribution in [0, 0.1) is 6.92 Å². The smallest absolute Gasteiger partial charge is 0.359 e. The number of imidazole rings is 1. The van der Waals surface area contributed by atoms with E-state index in [1.807, 2.05) is 23.6 Å². The molecule has 0 aliphatic carbocycles. The number of aryl methyl sites for hydroxylation is 1. The third-order valence-corrected chi connectivity index (χ3v) is 3.47. The SMILES string of the molecule is CCOC(=O)c1nc2c(C)cc(Br)cn2c1Br. The number of carbonyl (C=O) groups excluding carboxylic acids is 1. The third kappa shape index (κ3) is 2.24. The molecule has 17 heavy (non-hydrogen) atoms. The molecule has 0 radical (unpaired) electrons. The molecule has 6 heteroatoms. The van der Waals surface area contributed by atoms with Crippen molar-refractivity contribution >= 4 is 43.5 Å². The van der Waals surface area contributed by atoms with Crippen LogP contribution in [0.15, 0.2) is 21.3 Å². The van der Waals surface area contributed by atoms with E-state index in [9.17, 15) is 4.79 Å². The van der Waals surface area contributed by atoms with E-state index in [4.69, 9.17) is 4.74 Å². The molecular formula is C11H10Br2N2O2. The Morgan fingerprint density at radius 3 is 2.88 bits per heavy atom. The van der Waals surface area contributed by atoms with Gasteiger partial charge in [-0.1, -0.05) is 0 Å². The van der Waals surface area contributed by atoms with E-state index in [1.54, 1.807) is 6.92 Å². The Balaban J connectivity index is 2.64. The zero-order valence-electron chi connectivity index (χ0n) is 9.33. The van der Waals surface area contributed by atoms with Crippen LogP contribution in [-0.2, 0) is 4.74 Å². The second kappa shape index (κ2) is 4.78. The fourth-order valence-corrected chi connectivity index (χ4v) is 2.64. The predicted molar refractivity (Wildman–Crippen MR) is 71.3 cm³/mol. The largest absolute Gasteiger partial charge is 0.461 e. The maximum Gasteiger partial charge on any atom is 0.359 e. The van der Waals surface area contributed by atoms with Gasteiger partial charge in [-0.15, -0.1) is 0 Å². The molecule has 0 aliphatic heterocycles. The predicted octanol–water partition coefficient (Wildman–Crippen LogP) is 3.34. The molecule has 2 rings (SSSR count). The monoisotopic (exact) mass is 360 g/mol. The van der Waals surface area contributed by atoms with Gasteiger partial charge in [0.1, 0.15) is 10.3 Å². The van der Waals surface area contributed by atoms with Crippen LogP contribution in [0.5, 0.6) is 0 Å². The van der Waals surface area contributed by atoms with Crippen LogP contribution >= 0.6 is 31.9 Å². The Labute approximate surface area is 115 Å². The Morgan fingerprint density at radius 1 is 1.53 bits per heavy atom. The molecular weight excluding hydrogens is 352 g/mol. The first kappa shape index (κ1) is 12.6. The van der Waals surface area contributed by atoms with Gasteiger partial charge < -0.3 is 4.74 Å². The van der Waals surface area contributed by atoms with Gasteiger partial charge in [0.25, 0.3) is 0 Å². The number of esters is 1. The summed E-state index contributed by atoms with van der Waals surface area (Å²) in [4.78, 5) is 16.0. The van der Waals surface area contributed by atoms with Crippen molar-refractivity contribution < 1.29 is 9.53 Å². The van der Waals surface area contributed by atoms with Crippen molar-refractivity contribution in [3.8, 4) is 0 Å². The number of pyridine rings is 1. The average molecular weight is 362 g/mol. The summed E-state index contributed by atoms with van der Waals surface area (Å²) >= 11 is 6.78. The van der Waals surface area contributed by atoms with Crippen LogP contribution in [0.25, 0.3) is 5.65 Å². The van der Waals surface area contributed by atoms with Crippen LogP contribution in [0.4, 0.5) is 0 Å². The van der Waals surface area contributed by atoms with Gasteiger partial charge in [0, 0.05) is 10.7 Å². The van der Waals surface area contributed by atoms with Gasteiger partial charge in [-0.05, 0) is 57.3 Å². The first-order valence-corrected chi connectivity index (χ1v) is 6.64. The lowest BCUT2D eigenvalue weighted by Gasteiger charge is -2.00. The first-order valence-electron chi connectivity index (χ1n) is 5.05. The van der Waals surface area contributed by atoms with Gasteiger partial charge in [-0.25, -0.2) is 9.78 Å². The van der Waals surface area contributed by atoms with E-state index in [2.05, 4.69) is 36.8 Å². The molecule has 4 nitrogen and oxygen atoms in total. The van der Waals surface area contributed by atoms with E-state index in [0.717, 1.165) is 15.7 Å². The zero-order valence-corrected chi connectivity index (χ0v) is 12.5. The second-order valence-electron chi connectivity index (χ2n) is 3.51. The molecule has 0 spiro atoms. The summed E-state index contributed by atoms with van der Waals surface area (Å²) < 4.78 is 8.30. The summed E-state index contributed by atoms with van der Waals surface area (Å²) in [7, 11) is 0. The third-order valence-electron chi connectivity index (χ3n) is 2.28. The molecule has 0 aromatic carbocycles. The topological polar surface area (TPSA) is 43.6 Å². The van der Waals surface area contributed by atoms with E-state index in [1.165, 1.54) is 0 Å². The van der Waals surface area contributed by atoms with E-state index in [-0.39, 0.29) is 0 Å². The lowest BCUT2D eigenvalue weighted by atomic mass is 10.3. The number of hydrogen-bond donors (Lipinski definition) is 0. The van der Waals surface area contributed by atoms with E-state index in [0.29, 0.717) is 16.9 Å². The Kier molecular flexibility index (Phi) is 3.53. The van der Waals surface area contributed by atoms with Crippen LogP contribution < -0.4 is 0 Å². The number of nitrogens with zero attached hydrogens (tertiary/aromatic N) is 2. The second-order valence-corrected chi connectivity index (χ2v) is 5.17. The van der Waals surface area contributed by atoms with Gasteiger partial charge in [0.15, 0.2) is 5.69 Å². The van der Waals surface area contributed by atoms with Gasteiger partial charge >= 0.3 is 5.97 Å². The van der Waals surface area contributed by atoms with Crippen LogP contribution in [-0.4, -0.2) is 22.0 Å². The average Bonchev–Trinajstić information content (AvgIpc) is 2.57. The summed E-state index contributed by atoms with van der Waals surface area (Å²) in [5.41, 5.74) is 2.02. The molecule has 2 heterocycles. The summed E-state index contributed by atoms with van der Waals surface area (Å²) in [6, 6.07) is 1.95. The summed E-state index contributed by atoms with van der Waals surface area (Å²) in [5, 5.41) is 0. The molecule has 2 aromatic heterocycles. The standard InChI is InChI=1S/C11H10Br2N2O2/c1-3-17-11(16)8-9(13)15-5-7(12)4-6(2)10(15)14-8/h4-5H,3H2,1-2H3. The zero-order chi connectivity index (χ0) is 12.6. The molecule has 0 aliphatic rings. The van der Waals surface area contributed by atoms with E-state index >= 15 is 0 Å². The number of halogens is 2. The molecule has 0 amide bonds. The maximum absolute atomic E-state index is 11.7. The Bertz CT molecular complexity index is 593. The minimum Gasteiger partial charge on any atom is -0.461 e. The number of ether oxygens (including phenoxy) is 1. The minimum atomic E-state index is -0.418. The van der Waals surface area contributed by atoms with Gasteiger partial charge in [-0.3, -0.25) is 4.40 Å². The number of rotatable bonds is 2. The van der Waals surface area contributed by atoms with Crippen molar-refractivity contribution in [2.24, 2.45) is 0 Å². The lowest BCUT2D eigenvalue weighted by Crippen LogP contribution is -2.05. The number of hydrogen-bond acceptors (Lipinski definition) is 3. The quantitative estimate of drug-likeness (QED) is 0.770. The highest BCUT2D eigenvalue weighted by molar-refractivity contribution is 9.10. The van der Waals surface area contributed by atoms with Crippen molar-refractivity contribution in [3.63, 3.8) is 0 Å². The number of fused-ring (bicyclic) bond motifs is 1. The molecule has 0 unspecified atom stereocenters. The molecule has 2 aromatic rings. The Hall–Kier alpha value is -0.880. The molecule has 90 valence electrons. The van der Waals surface area contributed by atoms with Crippen LogP contribution in [0.1, 0.15) is 23.0 Å². The van der Waals surface area contributed by atoms with Crippen molar-refractivity contribution in [2.75, 3.05) is 6.61 Å². The minimum absolute atomic E-state index is 0.299. The fraction of sp³-hybridized carbons (Fsp3) is 0.273. The van der Waals surface area contributed by atoms with Crippen LogP contribution in [0.2, 0.25) is 0 Å². The molecule has 0 saturated heterocycles. The summed E-state index contributed by atoms with van der Waals surface area (Å²) in [5.74, 6) is -0.418. The highest BCUT2D eigenvalue weighted by Gasteiger charge is 2.19.